The summed E-state index contributed by atoms with van der Waals surface area (Å²) in [5, 5.41) is 0. The molecule has 0 unspecified atom stereocenters. The molecule has 5 heteroatoms. The largest absolute Gasteiger partial charge is 0.369 e. The quantitative estimate of drug-likeness (QED) is 0.503. The van der Waals surface area contributed by atoms with E-state index in [1.165, 1.54) is 6.07 Å². The van der Waals surface area contributed by atoms with Gasteiger partial charge in [-0.05, 0) is 6.92 Å². The molecular formula is C9H14N4O. The Labute approximate surface area is 82.7 Å². The van der Waals surface area contributed by atoms with Crippen LogP contribution < -0.4 is 5.56 Å². The predicted molar refractivity (Wildman–Crippen MR) is 56.1 cm³/mol. The van der Waals surface area contributed by atoms with Crippen LogP contribution in [-0.4, -0.2) is 34.9 Å². The fourth-order valence-corrected chi connectivity index (χ4v) is 0.922. The summed E-state index contributed by atoms with van der Waals surface area (Å²) in [6.45, 7) is 1.84. The fourth-order valence-electron chi connectivity index (χ4n) is 0.922. The molecule has 5 nitrogen and oxygen atoms in total. The van der Waals surface area contributed by atoms with E-state index < -0.39 is 0 Å². The van der Waals surface area contributed by atoms with Crippen molar-refractivity contribution in [2.45, 2.75) is 6.92 Å². The van der Waals surface area contributed by atoms with Crippen LogP contribution in [0.2, 0.25) is 0 Å². The van der Waals surface area contributed by atoms with Crippen molar-refractivity contribution in [2.75, 3.05) is 14.1 Å². The van der Waals surface area contributed by atoms with Crippen molar-refractivity contribution in [1.82, 2.24) is 14.5 Å². The summed E-state index contributed by atoms with van der Waals surface area (Å²) in [5.41, 5.74) is 0.586. The summed E-state index contributed by atoms with van der Waals surface area (Å²) in [5.74, 6) is 0.420. The van der Waals surface area contributed by atoms with Crippen LogP contribution in [0.5, 0.6) is 0 Å². The van der Waals surface area contributed by atoms with Gasteiger partial charge in [0.05, 0.1) is 6.34 Å². The molecule has 0 saturated heterocycles. The Hall–Kier alpha value is -1.65. The van der Waals surface area contributed by atoms with Gasteiger partial charge < -0.3 is 9.47 Å². The Bertz CT molecular complexity index is 406. The van der Waals surface area contributed by atoms with Crippen LogP contribution in [0.1, 0.15) is 5.69 Å². The molecule has 0 N–H and O–H groups in total. The highest BCUT2D eigenvalue weighted by Crippen LogP contribution is 2.05. The van der Waals surface area contributed by atoms with Gasteiger partial charge in [-0.15, -0.1) is 0 Å². The lowest BCUT2D eigenvalue weighted by atomic mass is 10.4. The van der Waals surface area contributed by atoms with Crippen molar-refractivity contribution in [3.05, 3.63) is 22.1 Å². The smallest absolute Gasteiger partial charge is 0.274 e. The summed E-state index contributed by atoms with van der Waals surface area (Å²) in [4.78, 5) is 20.8. The third-order valence-electron chi connectivity index (χ3n) is 1.78. The number of aromatic nitrogens is 2. The molecule has 0 aliphatic heterocycles. The van der Waals surface area contributed by atoms with E-state index in [1.54, 1.807) is 15.8 Å². The Morgan fingerprint density at radius 1 is 1.57 bits per heavy atom. The first-order valence-electron chi connectivity index (χ1n) is 4.26. The maximum Gasteiger partial charge on any atom is 0.274 e. The molecule has 1 rings (SSSR count). The van der Waals surface area contributed by atoms with E-state index in [-0.39, 0.29) is 5.56 Å². The average Bonchev–Trinajstić information content (AvgIpc) is 2.08. The normalized spacial score (nSPS) is 10.9. The highest BCUT2D eigenvalue weighted by molar-refractivity contribution is 5.57. The Morgan fingerprint density at radius 3 is 2.79 bits per heavy atom. The summed E-state index contributed by atoms with van der Waals surface area (Å²) in [6, 6.07) is 1.48. The van der Waals surface area contributed by atoms with E-state index in [9.17, 15) is 4.79 Å². The van der Waals surface area contributed by atoms with Crippen LogP contribution in [0.15, 0.2) is 15.9 Å². The van der Waals surface area contributed by atoms with Gasteiger partial charge in [0.2, 0.25) is 5.95 Å². The molecule has 1 aromatic rings. The molecule has 0 radical (unpaired) electrons. The van der Waals surface area contributed by atoms with E-state index in [4.69, 9.17) is 0 Å². The monoisotopic (exact) mass is 194 g/mol. The van der Waals surface area contributed by atoms with Crippen LogP contribution in [0.25, 0.3) is 0 Å². The zero-order valence-electron chi connectivity index (χ0n) is 8.85. The van der Waals surface area contributed by atoms with Crippen molar-refractivity contribution in [3.63, 3.8) is 0 Å². The summed E-state index contributed by atoms with van der Waals surface area (Å²) >= 11 is 0. The second kappa shape index (κ2) is 4.04. The maximum atomic E-state index is 11.1. The standard InChI is InChI=1S/C9H14N4O/c1-7-5-8(14)11-9(13(7)4)10-6-12(2)3/h5-6H,1-4H3/b10-6+. The van der Waals surface area contributed by atoms with Gasteiger partial charge in [0.25, 0.3) is 5.56 Å². The molecule has 0 saturated carbocycles. The van der Waals surface area contributed by atoms with E-state index in [1.807, 2.05) is 28.1 Å². The van der Waals surface area contributed by atoms with Crippen molar-refractivity contribution in [3.8, 4) is 0 Å². The summed E-state index contributed by atoms with van der Waals surface area (Å²) in [6.07, 6.45) is 1.61. The molecule has 0 spiro atoms. The van der Waals surface area contributed by atoms with Crippen LogP contribution in [0.4, 0.5) is 5.95 Å². The first kappa shape index (κ1) is 10.4. The van der Waals surface area contributed by atoms with Gasteiger partial charge in [-0.3, -0.25) is 4.79 Å². The van der Waals surface area contributed by atoms with Gasteiger partial charge in [-0.2, -0.15) is 4.98 Å². The summed E-state index contributed by atoms with van der Waals surface area (Å²) < 4.78 is 1.77. The van der Waals surface area contributed by atoms with E-state index >= 15 is 0 Å². The highest BCUT2D eigenvalue weighted by atomic mass is 16.1. The van der Waals surface area contributed by atoms with Crippen LogP contribution in [0, 0.1) is 6.92 Å². The third kappa shape index (κ3) is 2.42. The van der Waals surface area contributed by atoms with Gasteiger partial charge in [0.1, 0.15) is 0 Å². The van der Waals surface area contributed by atoms with Crippen molar-refractivity contribution in [1.29, 1.82) is 0 Å². The zero-order chi connectivity index (χ0) is 10.7. The Balaban J connectivity index is 3.15. The number of aliphatic imine (C=N–C) groups is 1. The van der Waals surface area contributed by atoms with E-state index in [0.29, 0.717) is 5.95 Å². The topological polar surface area (TPSA) is 50.5 Å². The minimum atomic E-state index is -0.258. The third-order valence-corrected chi connectivity index (χ3v) is 1.78. The molecule has 0 aliphatic carbocycles. The lowest BCUT2D eigenvalue weighted by molar-refractivity contribution is 0.641. The first-order valence-corrected chi connectivity index (χ1v) is 4.26. The number of hydrogen-bond acceptors (Lipinski definition) is 3. The summed E-state index contributed by atoms with van der Waals surface area (Å²) in [7, 11) is 5.54. The second-order valence-corrected chi connectivity index (χ2v) is 3.30. The van der Waals surface area contributed by atoms with Crippen LogP contribution in [-0.2, 0) is 7.05 Å². The van der Waals surface area contributed by atoms with Gasteiger partial charge in [-0.1, -0.05) is 0 Å². The van der Waals surface area contributed by atoms with Crippen LogP contribution >= 0.6 is 0 Å². The lowest BCUT2D eigenvalue weighted by Crippen LogP contribution is -2.13. The minimum Gasteiger partial charge on any atom is -0.369 e. The molecule has 0 bridgehead atoms. The molecule has 0 amide bonds. The molecular weight excluding hydrogens is 180 g/mol. The number of hydrogen-bond donors (Lipinski definition) is 0. The Kier molecular flexibility index (Phi) is 3.01. The molecule has 1 heterocycles. The molecule has 0 aliphatic rings. The molecule has 0 atom stereocenters. The van der Waals surface area contributed by atoms with E-state index in [2.05, 4.69) is 9.98 Å². The average molecular weight is 194 g/mol. The predicted octanol–water partition coefficient (Wildman–Crippen LogP) is 0.310. The Morgan fingerprint density at radius 2 is 2.21 bits per heavy atom. The second-order valence-electron chi connectivity index (χ2n) is 3.30. The number of rotatable bonds is 2. The molecule has 14 heavy (non-hydrogen) atoms. The first-order chi connectivity index (χ1) is 6.50. The molecule has 76 valence electrons. The van der Waals surface area contributed by atoms with Gasteiger partial charge in [0.15, 0.2) is 0 Å². The van der Waals surface area contributed by atoms with Crippen molar-refractivity contribution in [2.24, 2.45) is 12.0 Å². The van der Waals surface area contributed by atoms with Gasteiger partial charge in [-0.25, -0.2) is 4.99 Å². The van der Waals surface area contributed by atoms with Crippen molar-refractivity contribution < 1.29 is 0 Å². The molecule has 0 fully saturated rings. The van der Waals surface area contributed by atoms with Gasteiger partial charge in [0, 0.05) is 32.9 Å². The molecule has 0 aromatic carbocycles. The van der Waals surface area contributed by atoms with Gasteiger partial charge >= 0.3 is 0 Å². The SMILES string of the molecule is Cc1cc(=O)nc(/N=C/N(C)C)n1C. The van der Waals surface area contributed by atoms with E-state index in [0.717, 1.165) is 5.69 Å². The van der Waals surface area contributed by atoms with Crippen LogP contribution in [0.3, 0.4) is 0 Å². The minimum absolute atomic E-state index is 0.258. The van der Waals surface area contributed by atoms with Crippen molar-refractivity contribution >= 4 is 12.3 Å². The number of nitrogens with zero attached hydrogens (tertiary/aromatic N) is 4. The maximum absolute atomic E-state index is 11.1. The fraction of sp³-hybridized carbons (Fsp3) is 0.444. The highest BCUT2D eigenvalue weighted by Gasteiger charge is 2.00. The molecule has 1 aromatic heterocycles. The number of aryl methyl sites for hydroxylation is 1. The lowest BCUT2D eigenvalue weighted by Gasteiger charge is -2.07. The zero-order valence-corrected chi connectivity index (χ0v) is 8.85.